The van der Waals surface area contributed by atoms with Gasteiger partial charge in [0.25, 0.3) is 0 Å². The fourth-order valence-electron chi connectivity index (χ4n) is 0. The van der Waals surface area contributed by atoms with E-state index in [4.69, 9.17) is 13.2 Å². The molecule has 0 atom stereocenters. The molecule has 0 unspecified atom stereocenters. The molecular weight excluding hydrogens is 401 g/mol. The topological polar surface area (TPSA) is 74.6 Å². The zero-order valence-electron chi connectivity index (χ0n) is 2.83. The van der Waals surface area contributed by atoms with Crippen LogP contribution in [0, 0.1) is 0 Å². The van der Waals surface area contributed by atoms with Gasteiger partial charge in [0.1, 0.15) is 0 Å². The van der Waals surface area contributed by atoms with E-state index in [9.17, 15) is 0 Å². The van der Waals surface area contributed by atoms with E-state index in [1.165, 1.54) is 0 Å². The molecule has 0 rings (SSSR count). The van der Waals surface area contributed by atoms with Gasteiger partial charge in [0.15, 0.2) is 0 Å². The van der Waals surface area contributed by atoms with Gasteiger partial charge in [-0.15, -0.1) is 0 Å². The van der Waals surface area contributed by atoms with Gasteiger partial charge < -0.3 is 0 Å². The van der Waals surface area contributed by atoms with Crippen molar-refractivity contribution in [1.82, 2.24) is 0 Å². The van der Waals surface area contributed by atoms with Gasteiger partial charge in [-0.1, -0.05) is 0 Å². The molecule has 0 amide bonds. The Bertz CT molecular complexity index is 90.7. The molecule has 0 saturated heterocycles. The molecule has 0 spiro atoms. The molecule has 6 heteroatoms. The van der Waals surface area contributed by atoms with E-state index in [-0.39, 0.29) is 26.2 Å². The first-order chi connectivity index (χ1) is 2.00. The summed E-state index contributed by atoms with van der Waals surface area (Å²) >= 11 is -5.52. The molecule has 0 aliphatic heterocycles. The summed E-state index contributed by atoms with van der Waals surface area (Å²) in [5.74, 6) is 0. The maximum absolute atomic E-state index is 8.85. The second-order valence-corrected chi connectivity index (χ2v) is 3.00. The first-order valence-corrected chi connectivity index (χ1v) is 4.69. The summed E-state index contributed by atoms with van der Waals surface area (Å²) in [4.78, 5) is 0. The number of rotatable bonds is 0. The monoisotopic (exact) mass is 408 g/mol. The molecule has 0 aliphatic rings. The zero-order valence-corrected chi connectivity index (χ0v) is 10.7. The van der Waals surface area contributed by atoms with Crippen LogP contribution in [0.5, 0.6) is 0 Å². The van der Waals surface area contributed by atoms with Gasteiger partial charge in [0.05, 0.1) is 0 Å². The van der Waals surface area contributed by atoms with E-state index < -0.39 is 19.0 Å². The van der Waals surface area contributed by atoms with Gasteiger partial charge in [0, 0.05) is 0 Å². The molecule has 0 aliphatic carbocycles. The summed E-state index contributed by atoms with van der Waals surface area (Å²) in [7, 11) is 0. The van der Waals surface area contributed by atoms with Gasteiger partial charge in [-0.3, -0.25) is 0 Å². The fraction of sp³-hybridized carbons (Fsp3) is 0. The maximum atomic E-state index is 8.85. The molecular formula is H5BiO4Te. The van der Waals surface area contributed by atoms with Crippen LogP contribution in [0.1, 0.15) is 0 Å². The predicted molar refractivity (Wildman–Crippen MR) is 21.5 cm³/mol. The first kappa shape index (κ1) is 10.2. The van der Waals surface area contributed by atoms with Crippen LogP contribution in [0.4, 0.5) is 0 Å². The summed E-state index contributed by atoms with van der Waals surface area (Å²) < 4.78 is 32.0. The Morgan fingerprint density at radius 1 is 1.17 bits per heavy atom. The molecule has 0 heterocycles. The van der Waals surface area contributed by atoms with E-state index in [2.05, 4.69) is 0 Å². The summed E-state index contributed by atoms with van der Waals surface area (Å²) in [6, 6.07) is 0. The second kappa shape index (κ2) is 3.23. The summed E-state index contributed by atoms with van der Waals surface area (Å²) in [6.45, 7) is 0. The van der Waals surface area contributed by atoms with Crippen molar-refractivity contribution >= 4 is 45.2 Å². The third kappa shape index (κ3) is 64.2. The van der Waals surface area contributed by atoms with Gasteiger partial charge >= 0.3 is 58.3 Å². The van der Waals surface area contributed by atoms with Crippen molar-refractivity contribution in [1.29, 1.82) is 0 Å². The minimum absolute atomic E-state index is 0. The Kier molecular flexibility index (Phi) is 5.50. The van der Waals surface area contributed by atoms with Crippen molar-refractivity contribution in [2.45, 2.75) is 0 Å². The van der Waals surface area contributed by atoms with Gasteiger partial charge in [-0.05, 0) is 0 Å². The van der Waals surface area contributed by atoms with E-state index >= 15 is 0 Å². The second-order valence-electron chi connectivity index (χ2n) is 0.448. The molecule has 0 saturated carbocycles. The predicted octanol–water partition coefficient (Wildman–Crippen LogP) is -2.92. The quantitative estimate of drug-likeness (QED) is 0.424. The summed E-state index contributed by atoms with van der Waals surface area (Å²) in [5, 5.41) is 0. The van der Waals surface area contributed by atoms with Crippen molar-refractivity contribution < 1.29 is 13.2 Å². The normalized spacial score (nSPS) is 9.67. The SMILES string of the molecule is O=[Te](=O)(O)O.[BiH3]. The number of hydrogen-bond acceptors (Lipinski definition) is 2. The van der Waals surface area contributed by atoms with E-state index in [0.717, 1.165) is 0 Å². The molecule has 0 bridgehead atoms. The molecule has 6 heavy (non-hydrogen) atoms. The zero-order chi connectivity index (χ0) is 4.50. The van der Waals surface area contributed by atoms with Gasteiger partial charge in [-0.2, -0.15) is 0 Å². The van der Waals surface area contributed by atoms with Crippen molar-refractivity contribution in [3.8, 4) is 0 Å². The van der Waals surface area contributed by atoms with Crippen LogP contribution in [0.3, 0.4) is 0 Å². The Morgan fingerprint density at radius 2 is 1.17 bits per heavy atom. The average molecular weight is 406 g/mol. The molecule has 40 valence electrons. The summed E-state index contributed by atoms with van der Waals surface area (Å²) in [5.41, 5.74) is 0. The molecule has 2 N–H and O–H groups in total. The van der Waals surface area contributed by atoms with E-state index in [1.807, 2.05) is 0 Å². The van der Waals surface area contributed by atoms with Crippen LogP contribution in [-0.2, 0) is 6.21 Å². The standard InChI is InChI=1S/Bi.H2O4Te.3H/c;1-5(2,3)4;;;/h;(H2,1,2,3,4);;;. The molecule has 0 aromatic heterocycles. The van der Waals surface area contributed by atoms with Crippen LogP contribution in [-0.4, -0.2) is 52.1 Å². The minimum atomic E-state index is -5.52. The Balaban J connectivity index is 0. The van der Waals surface area contributed by atoms with Crippen LogP contribution < -0.4 is 0 Å². The van der Waals surface area contributed by atoms with Crippen LogP contribution >= 0.6 is 0 Å². The van der Waals surface area contributed by atoms with Crippen molar-refractivity contribution in [2.75, 3.05) is 0 Å². The van der Waals surface area contributed by atoms with Gasteiger partial charge in [0.2, 0.25) is 0 Å². The van der Waals surface area contributed by atoms with Crippen LogP contribution in [0.25, 0.3) is 0 Å². The number of hydrogen-bond donors (Lipinski definition) is 2. The third-order valence-corrected chi connectivity index (χ3v) is 0. The fourth-order valence-corrected chi connectivity index (χ4v) is 0. The van der Waals surface area contributed by atoms with Crippen molar-refractivity contribution in [3.63, 3.8) is 0 Å². The van der Waals surface area contributed by atoms with Gasteiger partial charge in [-0.25, -0.2) is 0 Å². The van der Waals surface area contributed by atoms with E-state index in [1.54, 1.807) is 0 Å². The Morgan fingerprint density at radius 3 is 1.17 bits per heavy atom. The molecule has 0 aromatic carbocycles. The van der Waals surface area contributed by atoms with Crippen LogP contribution in [0.2, 0.25) is 0 Å². The first-order valence-electron chi connectivity index (χ1n) is 0.698. The Labute approximate surface area is 57.9 Å². The summed E-state index contributed by atoms with van der Waals surface area (Å²) in [6.07, 6.45) is 0. The van der Waals surface area contributed by atoms with Crippen LogP contribution in [0.15, 0.2) is 0 Å². The van der Waals surface area contributed by atoms with E-state index in [0.29, 0.717) is 0 Å². The molecule has 0 radical (unpaired) electrons. The average Bonchev–Trinajstić information content (AvgIpc) is 0.722. The molecule has 4 nitrogen and oxygen atoms in total. The Hall–Kier alpha value is 1.19. The third-order valence-electron chi connectivity index (χ3n) is 0. The van der Waals surface area contributed by atoms with Crippen molar-refractivity contribution in [3.05, 3.63) is 0 Å². The molecule has 0 aromatic rings. The van der Waals surface area contributed by atoms with Crippen molar-refractivity contribution in [2.24, 2.45) is 0 Å². The molecule has 0 fully saturated rings.